The summed E-state index contributed by atoms with van der Waals surface area (Å²) in [7, 11) is 0. The van der Waals surface area contributed by atoms with Crippen LogP contribution >= 0.6 is 0 Å². The lowest BCUT2D eigenvalue weighted by Gasteiger charge is -2.13. The molecule has 0 aliphatic heterocycles. The molecule has 0 spiro atoms. The van der Waals surface area contributed by atoms with E-state index in [1.54, 1.807) is 0 Å². The standard InChI is InChI=1S/C54H35N3/c1-2-14-36(15-3-1)37-28-30-38(31-29-37)39-16-12-17-40(32-39)56-51-26-10-6-22-45(51)47-35-54-48(34-53(47)56)46-23-7-11-27-52(46)57(54)42-19-13-18-41(33-42)55-49-24-8-4-20-43(49)44-21-5-9-25-50(44)55/h1-35H. The molecule has 3 aromatic heterocycles. The fourth-order valence-electron chi connectivity index (χ4n) is 9.27. The Kier molecular flexibility index (Phi) is 6.93. The summed E-state index contributed by atoms with van der Waals surface area (Å²) in [6.07, 6.45) is 0. The van der Waals surface area contributed by atoms with Gasteiger partial charge in [0.05, 0.1) is 33.1 Å². The molecule has 0 bridgehead atoms. The molecule has 0 atom stereocenters. The summed E-state index contributed by atoms with van der Waals surface area (Å²) in [6, 6.07) is 77.4. The molecule has 0 saturated carbocycles. The van der Waals surface area contributed by atoms with Crippen LogP contribution in [-0.4, -0.2) is 13.7 Å². The van der Waals surface area contributed by atoms with Crippen LogP contribution in [0, 0.1) is 0 Å². The Morgan fingerprint density at radius 1 is 0.193 bits per heavy atom. The lowest BCUT2D eigenvalue weighted by molar-refractivity contribution is 1.13. The van der Waals surface area contributed by atoms with E-state index >= 15 is 0 Å². The Hall–Kier alpha value is -7.62. The van der Waals surface area contributed by atoms with Crippen LogP contribution in [0.15, 0.2) is 212 Å². The Labute approximate surface area is 329 Å². The van der Waals surface area contributed by atoms with Gasteiger partial charge in [0.1, 0.15) is 0 Å². The zero-order chi connectivity index (χ0) is 37.5. The number of hydrogen-bond donors (Lipinski definition) is 0. The van der Waals surface area contributed by atoms with Crippen molar-refractivity contribution in [2.24, 2.45) is 0 Å². The highest BCUT2D eigenvalue weighted by atomic mass is 15.0. The van der Waals surface area contributed by atoms with Gasteiger partial charge >= 0.3 is 0 Å². The van der Waals surface area contributed by atoms with Gasteiger partial charge in [0.25, 0.3) is 0 Å². The van der Waals surface area contributed by atoms with Crippen LogP contribution in [0.25, 0.3) is 105 Å². The van der Waals surface area contributed by atoms with E-state index in [0.29, 0.717) is 0 Å². The molecule has 0 unspecified atom stereocenters. The monoisotopic (exact) mass is 725 g/mol. The predicted octanol–water partition coefficient (Wildman–Crippen LogP) is 14.3. The minimum Gasteiger partial charge on any atom is -0.309 e. The van der Waals surface area contributed by atoms with E-state index in [9.17, 15) is 0 Å². The zero-order valence-electron chi connectivity index (χ0n) is 31.0. The molecule has 9 aromatic carbocycles. The van der Waals surface area contributed by atoms with Crippen molar-refractivity contribution in [3.05, 3.63) is 212 Å². The first-order valence-corrected chi connectivity index (χ1v) is 19.6. The molecule has 12 rings (SSSR count). The van der Waals surface area contributed by atoms with Gasteiger partial charge in [-0.15, -0.1) is 0 Å². The fraction of sp³-hybridized carbons (Fsp3) is 0. The Balaban J connectivity index is 1.05. The van der Waals surface area contributed by atoms with E-state index in [2.05, 4.69) is 226 Å². The first-order valence-electron chi connectivity index (χ1n) is 19.6. The number of aromatic nitrogens is 3. The van der Waals surface area contributed by atoms with Crippen molar-refractivity contribution < 1.29 is 0 Å². The van der Waals surface area contributed by atoms with Crippen molar-refractivity contribution in [3.8, 4) is 39.3 Å². The van der Waals surface area contributed by atoms with Crippen LogP contribution in [0.5, 0.6) is 0 Å². The van der Waals surface area contributed by atoms with Crippen molar-refractivity contribution in [2.75, 3.05) is 0 Å². The number of fused-ring (bicyclic) bond motifs is 9. The van der Waals surface area contributed by atoms with Crippen molar-refractivity contribution >= 4 is 65.4 Å². The van der Waals surface area contributed by atoms with Crippen molar-refractivity contribution in [1.82, 2.24) is 13.7 Å². The highest BCUT2D eigenvalue weighted by Gasteiger charge is 2.20. The first-order chi connectivity index (χ1) is 28.3. The van der Waals surface area contributed by atoms with E-state index in [1.165, 1.54) is 87.7 Å². The smallest absolute Gasteiger partial charge is 0.0548 e. The molecule has 3 nitrogen and oxygen atoms in total. The van der Waals surface area contributed by atoms with Crippen LogP contribution < -0.4 is 0 Å². The van der Waals surface area contributed by atoms with Gasteiger partial charge in [-0.05, 0) is 89.0 Å². The first kappa shape index (κ1) is 31.7. The van der Waals surface area contributed by atoms with E-state index in [0.717, 1.165) is 17.1 Å². The summed E-state index contributed by atoms with van der Waals surface area (Å²) in [6.45, 7) is 0. The third-order valence-corrected chi connectivity index (χ3v) is 11.8. The van der Waals surface area contributed by atoms with Crippen LogP contribution in [0.3, 0.4) is 0 Å². The maximum atomic E-state index is 2.45. The SMILES string of the molecule is c1ccc(-c2ccc(-c3cccc(-n4c5ccccc5c5cc6c(cc54)c4ccccc4n6-c4cccc(-n5c6ccccc6c6ccccc65)c4)c3)cc2)cc1. The molecule has 0 aliphatic carbocycles. The van der Waals surface area contributed by atoms with Gasteiger partial charge in [-0.3, -0.25) is 0 Å². The molecule has 3 heteroatoms. The molecule has 0 radical (unpaired) electrons. The maximum absolute atomic E-state index is 2.45. The quantitative estimate of drug-likeness (QED) is 0.168. The minimum atomic E-state index is 1.13. The summed E-state index contributed by atoms with van der Waals surface area (Å²) < 4.78 is 7.30. The molecular weight excluding hydrogens is 691 g/mol. The largest absolute Gasteiger partial charge is 0.309 e. The average Bonchev–Trinajstić information content (AvgIpc) is 3.91. The molecule has 12 aromatic rings. The molecule has 0 aliphatic rings. The van der Waals surface area contributed by atoms with Gasteiger partial charge in [0.15, 0.2) is 0 Å². The molecule has 0 fully saturated rings. The second-order valence-corrected chi connectivity index (χ2v) is 15.0. The van der Waals surface area contributed by atoms with Crippen LogP contribution in [0.1, 0.15) is 0 Å². The summed E-state index contributed by atoms with van der Waals surface area (Å²) >= 11 is 0. The Bertz CT molecular complexity index is 3450. The number of benzene rings is 9. The third kappa shape index (κ3) is 4.86. The number of para-hydroxylation sites is 4. The number of rotatable bonds is 5. The van der Waals surface area contributed by atoms with Gasteiger partial charge in [-0.25, -0.2) is 0 Å². The van der Waals surface area contributed by atoms with Crippen LogP contribution in [0.4, 0.5) is 0 Å². The third-order valence-electron chi connectivity index (χ3n) is 11.8. The van der Waals surface area contributed by atoms with E-state index in [1.807, 2.05) is 0 Å². The number of hydrogen-bond acceptors (Lipinski definition) is 0. The highest BCUT2D eigenvalue weighted by molar-refractivity contribution is 6.19. The van der Waals surface area contributed by atoms with E-state index < -0.39 is 0 Å². The number of nitrogens with zero attached hydrogens (tertiary/aromatic N) is 3. The topological polar surface area (TPSA) is 14.8 Å². The summed E-state index contributed by atoms with van der Waals surface area (Å²) in [5.74, 6) is 0. The minimum absolute atomic E-state index is 1.13. The normalized spacial score (nSPS) is 11.9. The van der Waals surface area contributed by atoms with E-state index in [-0.39, 0.29) is 0 Å². The lowest BCUT2D eigenvalue weighted by Crippen LogP contribution is -1.98. The van der Waals surface area contributed by atoms with Gasteiger partial charge in [-0.2, -0.15) is 0 Å². The fourth-order valence-corrected chi connectivity index (χ4v) is 9.27. The van der Waals surface area contributed by atoms with Gasteiger partial charge in [0, 0.05) is 49.4 Å². The van der Waals surface area contributed by atoms with E-state index in [4.69, 9.17) is 0 Å². The molecular formula is C54H35N3. The summed E-state index contributed by atoms with van der Waals surface area (Å²) in [5, 5.41) is 7.47. The Morgan fingerprint density at radius 3 is 1.02 bits per heavy atom. The second kappa shape index (κ2) is 12.5. The molecule has 266 valence electrons. The van der Waals surface area contributed by atoms with Crippen molar-refractivity contribution in [1.29, 1.82) is 0 Å². The Morgan fingerprint density at radius 2 is 0.526 bits per heavy atom. The van der Waals surface area contributed by atoms with Crippen LogP contribution in [0.2, 0.25) is 0 Å². The van der Waals surface area contributed by atoms with Crippen molar-refractivity contribution in [2.45, 2.75) is 0 Å². The van der Waals surface area contributed by atoms with Gasteiger partial charge in [0.2, 0.25) is 0 Å². The molecule has 57 heavy (non-hydrogen) atoms. The molecule has 3 heterocycles. The second-order valence-electron chi connectivity index (χ2n) is 15.0. The van der Waals surface area contributed by atoms with Gasteiger partial charge in [-0.1, -0.05) is 146 Å². The lowest BCUT2D eigenvalue weighted by atomic mass is 10.00. The maximum Gasteiger partial charge on any atom is 0.0548 e. The molecule has 0 N–H and O–H groups in total. The zero-order valence-corrected chi connectivity index (χ0v) is 31.0. The highest BCUT2D eigenvalue weighted by Crippen LogP contribution is 2.41. The molecule has 0 saturated heterocycles. The average molecular weight is 726 g/mol. The summed E-state index contributed by atoms with van der Waals surface area (Å²) in [5.41, 5.74) is 15.5. The predicted molar refractivity (Wildman–Crippen MR) is 240 cm³/mol. The summed E-state index contributed by atoms with van der Waals surface area (Å²) in [4.78, 5) is 0. The van der Waals surface area contributed by atoms with Crippen molar-refractivity contribution in [3.63, 3.8) is 0 Å². The van der Waals surface area contributed by atoms with Crippen LogP contribution in [-0.2, 0) is 0 Å². The molecule has 0 amide bonds. The van der Waals surface area contributed by atoms with Gasteiger partial charge < -0.3 is 13.7 Å².